The molecule has 3 heteroatoms. The molecular weight excluding hydrogens is 286 g/mol. The number of benzene rings is 2. The van der Waals surface area contributed by atoms with Crippen LogP contribution in [-0.4, -0.2) is 29.7 Å². The number of nitrogens with zero attached hydrogens (tertiary/aromatic N) is 1. The summed E-state index contributed by atoms with van der Waals surface area (Å²) >= 11 is 0. The van der Waals surface area contributed by atoms with Crippen LogP contribution in [0.3, 0.4) is 0 Å². The zero-order valence-electron chi connectivity index (χ0n) is 14.0. The summed E-state index contributed by atoms with van der Waals surface area (Å²) in [5.74, 6) is 0. The van der Waals surface area contributed by atoms with Crippen LogP contribution in [0.15, 0.2) is 48.5 Å². The molecule has 3 rings (SSSR count). The fourth-order valence-corrected chi connectivity index (χ4v) is 2.81. The maximum atomic E-state index is 12.1. The van der Waals surface area contributed by atoms with Crippen molar-refractivity contribution in [1.29, 1.82) is 0 Å². The summed E-state index contributed by atoms with van der Waals surface area (Å²) < 4.78 is 5.43. The number of carbonyl (C=O) groups is 1. The first kappa shape index (κ1) is 15.6. The van der Waals surface area contributed by atoms with Gasteiger partial charge >= 0.3 is 6.09 Å². The van der Waals surface area contributed by atoms with Crippen LogP contribution in [0.25, 0.3) is 16.3 Å². The number of ether oxygens (including phenoxy) is 1. The number of amides is 1. The third-order valence-corrected chi connectivity index (χ3v) is 3.98. The summed E-state index contributed by atoms with van der Waals surface area (Å²) in [7, 11) is 0. The van der Waals surface area contributed by atoms with Crippen LogP contribution in [0.1, 0.15) is 32.8 Å². The molecule has 0 bridgehead atoms. The molecule has 0 fully saturated rings. The van der Waals surface area contributed by atoms with Crippen molar-refractivity contribution in [3.63, 3.8) is 0 Å². The molecule has 0 saturated carbocycles. The lowest BCUT2D eigenvalue weighted by Crippen LogP contribution is -2.39. The molecule has 0 spiro atoms. The monoisotopic (exact) mass is 309 g/mol. The van der Waals surface area contributed by atoms with Crippen molar-refractivity contribution in [2.24, 2.45) is 0 Å². The van der Waals surface area contributed by atoms with Gasteiger partial charge in [0.1, 0.15) is 5.60 Å². The number of hydrogen-bond donors (Lipinski definition) is 0. The predicted octanol–water partition coefficient (Wildman–Crippen LogP) is 4.86. The van der Waals surface area contributed by atoms with E-state index in [2.05, 4.69) is 48.5 Å². The van der Waals surface area contributed by atoms with E-state index < -0.39 is 5.60 Å². The van der Waals surface area contributed by atoms with Gasteiger partial charge in [0.25, 0.3) is 0 Å². The smallest absolute Gasteiger partial charge is 0.410 e. The highest BCUT2D eigenvalue weighted by atomic mass is 16.6. The van der Waals surface area contributed by atoms with E-state index in [9.17, 15) is 4.79 Å². The number of fused-ring (bicyclic) bond motifs is 1. The van der Waals surface area contributed by atoms with E-state index >= 15 is 0 Å². The van der Waals surface area contributed by atoms with Crippen molar-refractivity contribution in [3.05, 3.63) is 54.1 Å². The maximum absolute atomic E-state index is 12.1. The van der Waals surface area contributed by atoms with E-state index in [1.54, 1.807) is 4.90 Å². The fraction of sp³-hybridized carbons (Fsp3) is 0.350. The van der Waals surface area contributed by atoms with Crippen molar-refractivity contribution in [2.45, 2.75) is 32.8 Å². The molecular formula is C20H23NO2. The maximum Gasteiger partial charge on any atom is 0.410 e. The molecule has 0 aromatic heterocycles. The van der Waals surface area contributed by atoms with Gasteiger partial charge in [0.2, 0.25) is 0 Å². The van der Waals surface area contributed by atoms with E-state index in [0.29, 0.717) is 13.1 Å². The zero-order chi connectivity index (χ0) is 16.4. The van der Waals surface area contributed by atoms with Gasteiger partial charge in [-0.2, -0.15) is 0 Å². The highest BCUT2D eigenvalue weighted by Crippen LogP contribution is 2.26. The van der Waals surface area contributed by atoms with Gasteiger partial charge in [0, 0.05) is 13.1 Å². The minimum atomic E-state index is -0.445. The quantitative estimate of drug-likeness (QED) is 0.752. The van der Waals surface area contributed by atoms with Gasteiger partial charge in [-0.3, -0.25) is 0 Å². The Bertz CT molecular complexity index is 756. The molecule has 1 amide bonds. The van der Waals surface area contributed by atoms with Gasteiger partial charge in [-0.05, 0) is 55.2 Å². The molecule has 0 N–H and O–H groups in total. The Balaban J connectivity index is 1.74. The first-order valence-corrected chi connectivity index (χ1v) is 8.08. The first-order valence-electron chi connectivity index (χ1n) is 8.08. The van der Waals surface area contributed by atoms with Crippen molar-refractivity contribution in [3.8, 4) is 0 Å². The van der Waals surface area contributed by atoms with Gasteiger partial charge in [-0.25, -0.2) is 4.79 Å². The minimum absolute atomic E-state index is 0.230. The summed E-state index contributed by atoms with van der Waals surface area (Å²) in [6, 6.07) is 14.9. The Morgan fingerprint density at radius 1 is 1.09 bits per heavy atom. The van der Waals surface area contributed by atoms with Gasteiger partial charge in [-0.1, -0.05) is 42.5 Å². The van der Waals surface area contributed by atoms with Crippen molar-refractivity contribution in [2.75, 3.05) is 13.1 Å². The fourth-order valence-electron chi connectivity index (χ4n) is 2.81. The van der Waals surface area contributed by atoms with E-state index in [-0.39, 0.29) is 6.09 Å². The van der Waals surface area contributed by atoms with Crippen molar-refractivity contribution >= 4 is 22.4 Å². The Kier molecular flexibility index (Phi) is 4.12. The standard InChI is InChI=1S/C20H23NO2/c1-20(2,3)23-19(22)21-12-10-16(11-13-21)18-9-8-15-6-4-5-7-17(15)14-18/h4-10,14H,11-13H2,1-3H3. The largest absolute Gasteiger partial charge is 0.444 e. The summed E-state index contributed by atoms with van der Waals surface area (Å²) in [5.41, 5.74) is 2.10. The molecule has 0 aliphatic carbocycles. The molecule has 1 heterocycles. The molecule has 1 aliphatic rings. The van der Waals surface area contributed by atoms with Crippen LogP contribution in [-0.2, 0) is 4.74 Å². The summed E-state index contributed by atoms with van der Waals surface area (Å²) in [6.07, 6.45) is 2.76. The molecule has 120 valence electrons. The lowest BCUT2D eigenvalue weighted by atomic mass is 9.97. The van der Waals surface area contributed by atoms with Crippen LogP contribution in [0.2, 0.25) is 0 Å². The van der Waals surface area contributed by atoms with Crippen LogP contribution in [0, 0.1) is 0 Å². The van der Waals surface area contributed by atoms with Gasteiger partial charge < -0.3 is 9.64 Å². The minimum Gasteiger partial charge on any atom is -0.444 e. The number of hydrogen-bond acceptors (Lipinski definition) is 2. The third-order valence-electron chi connectivity index (χ3n) is 3.98. The average molecular weight is 309 g/mol. The zero-order valence-corrected chi connectivity index (χ0v) is 14.0. The normalized spacial score (nSPS) is 15.4. The van der Waals surface area contributed by atoms with E-state index in [0.717, 1.165) is 6.42 Å². The summed E-state index contributed by atoms with van der Waals surface area (Å²) in [4.78, 5) is 13.9. The van der Waals surface area contributed by atoms with Crippen LogP contribution in [0.5, 0.6) is 0 Å². The third kappa shape index (κ3) is 3.73. The van der Waals surface area contributed by atoms with Gasteiger partial charge in [0.15, 0.2) is 0 Å². The van der Waals surface area contributed by atoms with Crippen LogP contribution < -0.4 is 0 Å². The molecule has 1 aliphatic heterocycles. The van der Waals surface area contributed by atoms with E-state index in [1.165, 1.54) is 21.9 Å². The Labute approximate surface area is 137 Å². The molecule has 2 aromatic rings. The summed E-state index contributed by atoms with van der Waals surface area (Å²) in [5, 5.41) is 2.50. The highest BCUT2D eigenvalue weighted by Gasteiger charge is 2.23. The molecule has 2 aromatic carbocycles. The lowest BCUT2D eigenvalue weighted by molar-refractivity contribution is 0.0270. The molecule has 3 nitrogen and oxygen atoms in total. The molecule has 0 atom stereocenters. The van der Waals surface area contributed by atoms with Crippen molar-refractivity contribution < 1.29 is 9.53 Å². The van der Waals surface area contributed by atoms with Gasteiger partial charge in [-0.15, -0.1) is 0 Å². The van der Waals surface area contributed by atoms with E-state index in [1.807, 2.05) is 20.8 Å². The Morgan fingerprint density at radius 3 is 2.48 bits per heavy atom. The second-order valence-electron chi connectivity index (χ2n) is 6.97. The lowest BCUT2D eigenvalue weighted by Gasteiger charge is -2.29. The predicted molar refractivity (Wildman–Crippen MR) is 94.3 cm³/mol. The second-order valence-corrected chi connectivity index (χ2v) is 6.97. The SMILES string of the molecule is CC(C)(C)OC(=O)N1CC=C(c2ccc3ccccc3c2)CC1. The number of rotatable bonds is 1. The molecule has 0 unspecified atom stereocenters. The van der Waals surface area contributed by atoms with Gasteiger partial charge in [0.05, 0.1) is 0 Å². The Morgan fingerprint density at radius 2 is 1.83 bits per heavy atom. The molecule has 0 saturated heterocycles. The number of carbonyl (C=O) groups excluding carboxylic acids is 1. The topological polar surface area (TPSA) is 29.5 Å². The van der Waals surface area contributed by atoms with Crippen LogP contribution in [0.4, 0.5) is 4.79 Å². The van der Waals surface area contributed by atoms with E-state index in [4.69, 9.17) is 4.74 Å². The van der Waals surface area contributed by atoms with Crippen molar-refractivity contribution in [1.82, 2.24) is 4.90 Å². The average Bonchev–Trinajstić information content (AvgIpc) is 2.53. The molecule has 23 heavy (non-hydrogen) atoms. The highest BCUT2D eigenvalue weighted by molar-refractivity contribution is 5.86. The molecule has 0 radical (unpaired) electrons. The Hall–Kier alpha value is -2.29. The second kappa shape index (κ2) is 6.07. The summed E-state index contributed by atoms with van der Waals surface area (Å²) in [6.45, 7) is 6.99. The first-order chi connectivity index (χ1) is 10.9. The van der Waals surface area contributed by atoms with Crippen LogP contribution >= 0.6 is 0 Å².